The second-order valence-corrected chi connectivity index (χ2v) is 6.66. The van der Waals surface area contributed by atoms with E-state index in [1.165, 1.54) is 5.56 Å². The summed E-state index contributed by atoms with van der Waals surface area (Å²) < 4.78 is 5.35. The Bertz CT molecular complexity index is 702. The number of piperazine rings is 1. The fourth-order valence-corrected chi connectivity index (χ4v) is 3.09. The SMILES string of the molecule is CCc1noc([C@H](C)N2CCN(C(=O)Cc3ccc(C)cc3)CC2)n1. The third kappa shape index (κ3) is 4.25. The summed E-state index contributed by atoms with van der Waals surface area (Å²) in [4.78, 5) is 21.2. The Morgan fingerprint density at radius 1 is 1.20 bits per heavy atom. The summed E-state index contributed by atoms with van der Waals surface area (Å²) in [5.41, 5.74) is 2.29. The second-order valence-electron chi connectivity index (χ2n) is 6.66. The molecule has 1 saturated heterocycles. The minimum Gasteiger partial charge on any atom is -0.340 e. The van der Waals surface area contributed by atoms with E-state index in [0.717, 1.165) is 44.0 Å². The maximum atomic E-state index is 12.5. The lowest BCUT2D eigenvalue weighted by molar-refractivity contribution is -0.132. The van der Waals surface area contributed by atoms with Crippen molar-refractivity contribution < 1.29 is 9.32 Å². The van der Waals surface area contributed by atoms with Crippen LogP contribution in [-0.2, 0) is 17.6 Å². The van der Waals surface area contributed by atoms with Crippen LogP contribution in [0.15, 0.2) is 28.8 Å². The fraction of sp³-hybridized carbons (Fsp3) is 0.526. The van der Waals surface area contributed by atoms with Crippen molar-refractivity contribution >= 4 is 5.91 Å². The molecule has 1 amide bonds. The molecule has 1 aliphatic rings. The van der Waals surface area contributed by atoms with Crippen LogP contribution in [-0.4, -0.2) is 52.0 Å². The molecule has 0 bridgehead atoms. The number of amides is 1. The third-order valence-electron chi connectivity index (χ3n) is 4.85. The number of hydrogen-bond acceptors (Lipinski definition) is 5. The molecule has 0 aliphatic carbocycles. The summed E-state index contributed by atoms with van der Waals surface area (Å²) in [6.45, 7) is 9.27. The number of carbonyl (C=O) groups excluding carboxylic acids is 1. The van der Waals surface area contributed by atoms with E-state index in [4.69, 9.17) is 4.52 Å². The number of aryl methyl sites for hydroxylation is 2. The van der Waals surface area contributed by atoms with Crippen molar-refractivity contribution in [2.75, 3.05) is 26.2 Å². The Labute approximate surface area is 148 Å². The third-order valence-corrected chi connectivity index (χ3v) is 4.85. The van der Waals surface area contributed by atoms with Crippen LogP contribution in [0, 0.1) is 6.92 Å². The van der Waals surface area contributed by atoms with E-state index in [1.807, 2.05) is 24.0 Å². The molecule has 134 valence electrons. The molecule has 3 rings (SSSR count). The smallest absolute Gasteiger partial charge is 0.243 e. The Balaban J connectivity index is 1.52. The van der Waals surface area contributed by atoms with Crippen molar-refractivity contribution in [1.29, 1.82) is 0 Å². The van der Waals surface area contributed by atoms with E-state index in [2.05, 4.69) is 41.0 Å². The van der Waals surface area contributed by atoms with E-state index in [1.54, 1.807) is 0 Å². The molecule has 1 atom stereocenters. The zero-order chi connectivity index (χ0) is 17.8. The van der Waals surface area contributed by atoms with Crippen molar-refractivity contribution in [3.63, 3.8) is 0 Å². The predicted octanol–water partition coefficient (Wildman–Crippen LogP) is 2.39. The highest BCUT2D eigenvalue weighted by Gasteiger charge is 2.27. The van der Waals surface area contributed by atoms with Gasteiger partial charge >= 0.3 is 0 Å². The summed E-state index contributed by atoms with van der Waals surface area (Å²) in [7, 11) is 0. The molecule has 6 nitrogen and oxygen atoms in total. The second kappa shape index (κ2) is 7.78. The van der Waals surface area contributed by atoms with Crippen molar-refractivity contribution in [2.24, 2.45) is 0 Å². The van der Waals surface area contributed by atoms with Gasteiger partial charge in [-0.25, -0.2) is 0 Å². The average Bonchev–Trinajstić information content (AvgIpc) is 3.12. The lowest BCUT2D eigenvalue weighted by Crippen LogP contribution is -2.49. The van der Waals surface area contributed by atoms with Gasteiger partial charge in [0.2, 0.25) is 11.8 Å². The first-order valence-corrected chi connectivity index (χ1v) is 8.96. The van der Waals surface area contributed by atoms with Crippen molar-refractivity contribution in [1.82, 2.24) is 19.9 Å². The minimum atomic E-state index is 0.0853. The molecule has 6 heteroatoms. The zero-order valence-corrected chi connectivity index (χ0v) is 15.2. The topological polar surface area (TPSA) is 62.5 Å². The molecule has 0 radical (unpaired) electrons. The maximum absolute atomic E-state index is 12.5. The first-order valence-electron chi connectivity index (χ1n) is 8.96. The van der Waals surface area contributed by atoms with Crippen LogP contribution in [0.25, 0.3) is 0 Å². The molecule has 0 spiro atoms. The summed E-state index contributed by atoms with van der Waals surface area (Å²) >= 11 is 0. The molecule has 1 aromatic heterocycles. The van der Waals surface area contributed by atoms with Gasteiger partial charge in [0, 0.05) is 32.6 Å². The van der Waals surface area contributed by atoms with Gasteiger partial charge in [0.05, 0.1) is 12.5 Å². The molecule has 0 N–H and O–H groups in total. The number of benzene rings is 1. The van der Waals surface area contributed by atoms with Crippen LogP contribution in [0.4, 0.5) is 0 Å². The quantitative estimate of drug-likeness (QED) is 0.835. The highest BCUT2D eigenvalue weighted by molar-refractivity contribution is 5.78. The van der Waals surface area contributed by atoms with E-state index < -0.39 is 0 Å². The van der Waals surface area contributed by atoms with E-state index in [-0.39, 0.29) is 11.9 Å². The summed E-state index contributed by atoms with van der Waals surface area (Å²) in [5.74, 6) is 1.60. The standard InChI is InChI=1S/C19H26N4O2/c1-4-17-20-19(25-21-17)15(3)22-9-11-23(12-10-22)18(24)13-16-7-5-14(2)6-8-16/h5-8,15H,4,9-13H2,1-3H3/t15-/m0/s1. The predicted molar refractivity (Wildman–Crippen MR) is 95.1 cm³/mol. The first kappa shape index (κ1) is 17.6. The monoisotopic (exact) mass is 342 g/mol. The number of rotatable bonds is 5. The summed E-state index contributed by atoms with van der Waals surface area (Å²) in [5, 5.41) is 3.97. The van der Waals surface area contributed by atoms with Crippen molar-refractivity contribution in [3.8, 4) is 0 Å². The van der Waals surface area contributed by atoms with Crippen LogP contribution >= 0.6 is 0 Å². The van der Waals surface area contributed by atoms with E-state index >= 15 is 0 Å². The van der Waals surface area contributed by atoms with Gasteiger partial charge in [-0.15, -0.1) is 0 Å². The van der Waals surface area contributed by atoms with Gasteiger partial charge in [-0.05, 0) is 19.4 Å². The molecule has 0 saturated carbocycles. The van der Waals surface area contributed by atoms with Crippen LogP contribution in [0.2, 0.25) is 0 Å². The highest BCUT2D eigenvalue weighted by atomic mass is 16.5. The minimum absolute atomic E-state index is 0.0853. The van der Waals surface area contributed by atoms with Crippen molar-refractivity contribution in [3.05, 3.63) is 47.1 Å². The van der Waals surface area contributed by atoms with Crippen LogP contribution in [0.1, 0.15) is 42.7 Å². The highest BCUT2D eigenvalue weighted by Crippen LogP contribution is 2.20. The van der Waals surface area contributed by atoms with Crippen LogP contribution in [0.3, 0.4) is 0 Å². The van der Waals surface area contributed by atoms with Crippen LogP contribution < -0.4 is 0 Å². The Kier molecular flexibility index (Phi) is 5.48. The van der Waals surface area contributed by atoms with Gasteiger partial charge in [-0.1, -0.05) is 41.9 Å². The summed E-state index contributed by atoms with van der Waals surface area (Å²) in [6, 6.07) is 8.26. The molecule has 2 aromatic rings. The molecule has 1 fully saturated rings. The van der Waals surface area contributed by atoms with Gasteiger partial charge in [0.1, 0.15) is 0 Å². The number of carbonyl (C=O) groups is 1. The average molecular weight is 342 g/mol. The molecule has 0 unspecified atom stereocenters. The Morgan fingerprint density at radius 3 is 2.48 bits per heavy atom. The Morgan fingerprint density at radius 2 is 1.88 bits per heavy atom. The number of hydrogen-bond donors (Lipinski definition) is 0. The summed E-state index contributed by atoms with van der Waals surface area (Å²) in [6.07, 6.45) is 1.25. The van der Waals surface area contributed by atoms with Gasteiger partial charge in [0.25, 0.3) is 0 Å². The van der Waals surface area contributed by atoms with Crippen molar-refractivity contribution in [2.45, 2.75) is 39.7 Å². The molecule has 1 aliphatic heterocycles. The zero-order valence-electron chi connectivity index (χ0n) is 15.2. The van der Waals surface area contributed by atoms with Crippen LogP contribution in [0.5, 0.6) is 0 Å². The Hall–Kier alpha value is -2.21. The van der Waals surface area contributed by atoms with E-state index in [0.29, 0.717) is 12.3 Å². The normalized spacial score (nSPS) is 16.8. The van der Waals surface area contributed by atoms with Gasteiger partial charge < -0.3 is 9.42 Å². The molecular formula is C19H26N4O2. The van der Waals surface area contributed by atoms with E-state index in [9.17, 15) is 4.79 Å². The first-order chi connectivity index (χ1) is 12.1. The van der Waals surface area contributed by atoms with Gasteiger partial charge in [-0.2, -0.15) is 4.98 Å². The fourth-order valence-electron chi connectivity index (χ4n) is 3.09. The molecule has 1 aromatic carbocycles. The van der Waals surface area contributed by atoms with Gasteiger partial charge in [0.15, 0.2) is 5.82 Å². The maximum Gasteiger partial charge on any atom is 0.243 e. The lowest BCUT2D eigenvalue weighted by atomic mass is 10.1. The molecule has 25 heavy (non-hydrogen) atoms. The van der Waals surface area contributed by atoms with Gasteiger partial charge in [-0.3, -0.25) is 9.69 Å². The number of nitrogens with zero attached hydrogens (tertiary/aromatic N) is 4. The number of aromatic nitrogens is 2. The molecular weight excluding hydrogens is 316 g/mol. The lowest BCUT2D eigenvalue weighted by Gasteiger charge is -2.36. The largest absolute Gasteiger partial charge is 0.340 e. The molecule has 2 heterocycles.